The number of benzene rings is 2. The second kappa shape index (κ2) is 7.92. The molecular formula is C22H21N5O. The molecule has 2 heterocycles. The van der Waals surface area contributed by atoms with Gasteiger partial charge in [-0.25, -0.2) is 4.79 Å². The van der Waals surface area contributed by atoms with Crippen LogP contribution in [0.15, 0.2) is 73.3 Å². The highest BCUT2D eigenvalue weighted by atomic mass is 16.2. The van der Waals surface area contributed by atoms with Gasteiger partial charge in [0, 0.05) is 49.9 Å². The summed E-state index contributed by atoms with van der Waals surface area (Å²) in [6.07, 6.45) is 7.28. The number of rotatable bonds is 5. The lowest BCUT2D eigenvalue weighted by Crippen LogP contribution is -2.34. The summed E-state index contributed by atoms with van der Waals surface area (Å²) in [6.45, 7) is 0.879. The predicted octanol–water partition coefficient (Wildman–Crippen LogP) is 3.63. The molecule has 140 valence electrons. The van der Waals surface area contributed by atoms with Crippen LogP contribution in [0.25, 0.3) is 21.9 Å². The van der Waals surface area contributed by atoms with Gasteiger partial charge in [-0.3, -0.25) is 9.67 Å². The minimum absolute atomic E-state index is 0.209. The largest absolute Gasteiger partial charge is 0.334 e. The molecule has 6 nitrogen and oxygen atoms in total. The first-order valence-electron chi connectivity index (χ1n) is 9.10. The van der Waals surface area contributed by atoms with E-state index in [1.807, 2.05) is 43.6 Å². The Balaban J connectivity index is 1.36. The van der Waals surface area contributed by atoms with Crippen molar-refractivity contribution in [1.82, 2.24) is 25.4 Å². The highest BCUT2D eigenvalue weighted by molar-refractivity contribution is 5.86. The zero-order valence-electron chi connectivity index (χ0n) is 15.6. The lowest BCUT2D eigenvalue weighted by Gasteiger charge is -2.10. The summed E-state index contributed by atoms with van der Waals surface area (Å²) in [7, 11) is 1.88. The third-order valence-electron chi connectivity index (χ3n) is 4.61. The Morgan fingerprint density at radius 3 is 2.64 bits per heavy atom. The summed E-state index contributed by atoms with van der Waals surface area (Å²) in [5.74, 6) is 0. The van der Waals surface area contributed by atoms with Crippen LogP contribution in [0, 0.1) is 0 Å². The maximum absolute atomic E-state index is 12.2. The summed E-state index contributed by atoms with van der Waals surface area (Å²) >= 11 is 0. The summed E-state index contributed by atoms with van der Waals surface area (Å²) in [5, 5.41) is 12.3. The molecule has 0 aliphatic carbocycles. The van der Waals surface area contributed by atoms with Crippen molar-refractivity contribution in [2.75, 3.05) is 0 Å². The molecule has 0 aliphatic rings. The third-order valence-corrected chi connectivity index (χ3v) is 4.61. The maximum Gasteiger partial charge on any atom is 0.315 e. The van der Waals surface area contributed by atoms with Crippen LogP contribution in [0.4, 0.5) is 4.79 Å². The Morgan fingerprint density at radius 2 is 1.79 bits per heavy atom. The van der Waals surface area contributed by atoms with Gasteiger partial charge in [-0.15, -0.1) is 0 Å². The number of hydrogen-bond donors (Lipinski definition) is 2. The highest BCUT2D eigenvalue weighted by Crippen LogP contribution is 2.19. The summed E-state index contributed by atoms with van der Waals surface area (Å²) < 4.78 is 1.75. The monoisotopic (exact) mass is 371 g/mol. The fraction of sp³-hybridized carbons (Fsp3) is 0.136. The van der Waals surface area contributed by atoms with Crippen molar-refractivity contribution >= 4 is 16.8 Å². The number of nitrogens with one attached hydrogen (secondary N) is 2. The van der Waals surface area contributed by atoms with Crippen molar-refractivity contribution in [2.24, 2.45) is 7.05 Å². The number of carbonyl (C=O) groups is 1. The molecule has 0 radical (unpaired) electrons. The number of aryl methyl sites for hydroxylation is 1. The van der Waals surface area contributed by atoms with E-state index in [0.717, 1.165) is 27.6 Å². The van der Waals surface area contributed by atoms with Crippen LogP contribution in [0.5, 0.6) is 0 Å². The molecule has 0 bridgehead atoms. The van der Waals surface area contributed by atoms with E-state index in [1.54, 1.807) is 23.3 Å². The van der Waals surface area contributed by atoms with Gasteiger partial charge >= 0.3 is 6.03 Å². The molecule has 0 saturated carbocycles. The number of hydrogen-bond acceptors (Lipinski definition) is 3. The van der Waals surface area contributed by atoms with Gasteiger partial charge in [0.2, 0.25) is 0 Å². The summed E-state index contributed by atoms with van der Waals surface area (Å²) in [6, 6.07) is 16.1. The Labute approximate surface area is 163 Å². The van der Waals surface area contributed by atoms with Crippen LogP contribution >= 0.6 is 0 Å². The van der Waals surface area contributed by atoms with Crippen molar-refractivity contribution in [1.29, 1.82) is 0 Å². The SMILES string of the molecule is Cn1cc(-c2cncc(CNC(=O)NCc3cccc4ccccc34)c2)cn1. The van der Waals surface area contributed by atoms with Gasteiger partial charge < -0.3 is 10.6 Å². The number of fused-ring (bicyclic) bond motifs is 1. The zero-order valence-corrected chi connectivity index (χ0v) is 15.6. The van der Waals surface area contributed by atoms with Crippen LogP contribution in [-0.2, 0) is 20.1 Å². The van der Waals surface area contributed by atoms with E-state index >= 15 is 0 Å². The standard InChI is InChI=1S/C22H21N5O/c1-27-15-20(14-26-27)19-9-16(10-23-12-19)11-24-22(28)25-13-18-7-4-6-17-5-2-3-8-21(17)18/h2-10,12,14-15H,11,13H2,1H3,(H2,24,25,28). The average Bonchev–Trinajstić information content (AvgIpc) is 3.17. The number of pyridine rings is 1. The molecule has 0 atom stereocenters. The number of carbonyl (C=O) groups excluding carboxylic acids is 1. The molecule has 0 aliphatic heterocycles. The molecule has 4 aromatic rings. The van der Waals surface area contributed by atoms with E-state index < -0.39 is 0 Å². The van der Waals surface area contributed by atoms with E-state index in [0.29, 0.717) is 13.1 Å². The maximum atomic E-state index is 12.2. The van der Waals surface area contributed by atoms with E-state index in [2.05, 4.69) is 38.9 Å². The number of nitrogens with zero attached hydrogens (tertiary/aromatic N) is 3. The fourth-order valence-electron chi connectivity index (χ4n) is 3.18. The van der Waals surface area contributed by atoms with E-state index in [-0.39, 0.29) is 6.03 Å². The van der Waals surface area contributed by atoms with Crippen molar-refractivity contribution in [3.05, 3.63) is 84.4 Å². The molecule has 6 heteroatoms. The van der Waals surface area contributed by atoms with Gasteiger partial charge in [-0.05, 0) is 28.0 Å². The molecule has 28 heavy (non-hydrogen) atoms. The minimum Gasteiger partial charge on any atom is -0.334 e. The Kier molecular flexibility index (Phi) is 5.01. The lowest BCUT2D eigenvalue weighted by atomic mass is 10.0. The Hall–Kier alpha value is -3.67. The molecule has 0 unspecified atom stereocenters. The van der Waals surface area contributed by atoms with Gasteiger partial charge in [-0.2, -0.15) is 5.10 Å². The Bertz CT molecular complexity index is 1110. The van der Waals surface area contributed by atoms with Crippen molar-refractivity contribution in [3.63, 3.8) is 0 Å². The van der Waals surface area contributed by atoms with Crippen molar-refractivity contribution < 1.29 is 4.79 Å². The molecule has 4 rings (SSSR count). The number of aromatic nitrogens is 3. The topological polar surface area (TPSA) is 71.8 Å². The zero-order chi connectivity index (χ0) is 19.3. The molecule has 2 N–H and O–H groups in total. The van der Waals surface area contributed by atoms with Gasteiger partial charge in [0.15, 0.2) is 0 Å². The lowest BCUT2D eigenvalue weighted by molar-refractivity contribution is 0.240. The molecule has 2 amide bonds. The minimum atomic E-state index is -0.209. The van der Waals surface area contributed by atoms with Crippen LogP contribution in [0.2, 0.25) is 0 Å². The second-order valence-corrected chi connectivity index (χ2v) is 6.66. The van der Waals surface area contributed by atoms with E-state index in [9.17, 15) is 4.79 Å². The van der Waals surface area contributed by atoms with Crippen LogP contribution in [0.1, 0.15) is 11.1 Å². The first kappa shape index (κ1) is 17.7. The quantitative estimate of drug-likeness (QED) is 0.563. The fourth-order valence-corrected chi connectivity index (χ4v) is 3.18. The number of amides is 2. The van der Waals surface area contributed by atoms with E-state index in [4.69, 9.17) is 0 Å². The van der Waals surface area contributed by atoms with E-state index in [1.165, 1.54) is 5.39 Å². The predicted molar refractivity (Wildman–Crippen MR) is 109 cm³/mol. The first-order chi connectivity index (χ1) is 13.7. The molecule has 0 fully saturated rings. The average molecular weight is 371 g/mol. The van der Waals surface area contributed by atoms with Crippen molar-refractivity contribution in [3.8, 4) is 11.1 Å². The van der Waals surface area contributed by atoms with Crippen molar-refractivity contribution in [2.45, 2.75) is 13.1 Å². The van der Waals surface area contributed by atoms with Crippen LogP contribution in [-0.4, -0.2) is 20.8 Å². The third kappa shape index (κ3) is 4.01. The molecule has 0 saturated heterocycles. The summed E-state index contributed by atoms with van der Waals surface area (Å²) in [5.41, 5.74) is 4.00. The van der Waals surface area contributed by atoms with Gasteiger partial charge in [0.1, 0.15) is 0 Å². The van der Waals surface area contributed by atoms with Gasteiger partial charge in [-0.1, -0.05) is 42.5 Å². The van der Waals surface area contributed by atoms with Gasteiger partial charge in [0.05, 0.1) is 6.20 Å². The highest BCUT2D eigenvalue weighted by Gasteiger charge is 2.06. The molecule has 2 aromatic heterocycles. The summed E-state index contributed by atoms with van der Waals surface area (Å²) in [4.78, 5) is 16.5. The Morgan fingerprint density at radius 1 is 0.964 bits per heavy atom. The second-order valence-electron chi connectivity index (χ2n) is 6.66. The first-order valence-corrected chi connectivity index (χ1v) is 9.10. The molecular weight excluding hydrogens is 350 g/mol. The molecule has 2 aromatic carbocycles. The molecule has 0 spiro atoms. The number of urea groups is 1. The smallest absolute Gasteiger partial charge is 0.315 e. The normalized spacial score (nSPS) is 10.8. The van der Waals surface area contributed by atoms with Crippen LogP contribution < -0.4 is 10.6 Å². The van der Waals surface area contributed by atoms with Gasteiger partial charge in [0.25, 0.3) is 0 Å². The van der Waals surface area contributed by atoms with Crippen LogP contribution in [0.3, 0.4) is 0 Å².